The number of aliphatic hydroxyl groups is 1. The molecule has 1 aliphatic rings. The van der Waals surface area contributed by atoms with Gasteiger partial charge in [0.25, 0.3) is 11.5 Å². The summed E-state index contributed by atoms with van der Waals surface area (Å²) in [6.45, 7) is 2.75. The number of unbranched alkanes of at least 4 members (excludes halogenated alkanes) is 2. The first-order valence-corrected chi connectivity index (χ1v) is 10.8. The third-order valence-electron chi connectivity index (χ3n) is 5.82. The topological polar surface area (TPSA) is 137 Å². The number of carbonyl (C=O) groups is 2. The second-order valence-electron chi connectivity index (χ2n) is 8.29. The minimum absolute atomic E-state index is 0.0395. The van der Waals surface area contributed by atoms with E-state index in [0.717, 1.165) is 12.8 Å². The number of hydrogen-bond acceptors (Lipinski definition) is 6. The van der Waals surface area contributed by atoms with Crippen molar-refractivity contribution in [3.63, 3.8) is 0 Å². The highest BCUT2D eigenvalue weighted by Gasteiger charge is 2.40. The first-order chi connectivity index (χ1) is 15.3. The molecule has 1 fully saturated rings. The number of aromatic nitrogens is 3. The Balaban J connectivity index is 1.44. The van der Waals surface area contributed by atoms with Crippen LogP contribution in [0.3, 0.4) is 0 Å². The van der Waals surface area contributed by atoms with Gasteiger partial charge >= 0.3 is 5.69 Å². The van der Waals surface area contributed by atoms with Crippen molar-refractivity contribution in [2.24, 2.45) is 0 Å². The molecular weight excluding hydrogens is 414 g/mol. The molecule has 2 atom stereocenters. The first-order valence-electron chi connectivity index (χ1n) is 10.8. The minimum atomic E-state index is -1.18. The van der Waals surface area contributed by atoms with Gasteiger partial charge in [-0.1, -0.05) is 6.42 Å². The molecule has 1 saturated heterocycles. The van der Waals surface area contributed by atoms with Crippen molar-refractivity contribution in [2.75, 3.05) is 19.6 Å². The molecule has 2 aromatic rings. The van der Waals surface area contributed by atoms with Gasteiger partial charge in [-0.3, -0.25) is 28.9 Å². The second-order valence-corrected chi connectivity index (χ2v) is 8.29. The third kappa shape index (κ3) is 5.91. The molecule has 0 unspecified atom stereocenters. The average Bonchev–Trinajstić information content (AvgIpc) is 2.77. The Morgan fingerprint density at radius 1 is 1.28 bits per heavy atom. The minimum Gasteiger partial charge on any atom is -0.388 e. The van der Waals surface area contributed by atoms with E-state index in [-0.39, 0.29) is 18.4 Å². The van der Waals surface area contributed by atoms with E-state index in [1.54, 1.807) is 30.2 Å². The highest BCUT2D eigenvalue weighted by molar-refractivity contribution is 5.93. The number of nitrogens with one attached hydrogen (secondary N) is 2. The molecule has 10 nitrogen and oxygen atoms in total. The molecule has 0 aliphatic carbocycles. The molecule has 0 radical (unpaired) electrons. The van der Waals surface area contributed by atoms with Crippen LogP contribution in [-0.4, -0.2) is 61.6 Å². The van der Waals surface area contributed by atoms with Gasteiger partial charge in [0, 0.05) is 50.7 Å². The second kappa shape index (κ2) is 10.4. The highest BCUT2D eigenvalue weighted by Crippen LogP contribution is 2.31. The molecule has 172 valence electrons. The molecule has 10 heteroatoms. The van der Waals surface area contributed by atoms with Crippen LogP contribution in [0.15, 0.2) is 46.4 Å². The molecule has 2 aromatic heterocycles. The molecule has 0 spiro atoms. The summed E-state index contributed by atoms with van der Waals surface area (Å²) in [6.07, 6.45) is 7.38. The Morgan fingerprint density at radius 3 is 2.81 bits per heavy atom. The van der Waals surface area contributed by atoms with Crippen molar-refractivity contribution < 1.29 is 14.7 Å². The van der Waals surface area contributed by atoms with Gasteiger partial charge in [-0.05, 0) is 38.3 Å². The quantitative estimate of drug-likeness (QED) is 0.507. The lowest BCUT2D eigenvalue weighted by atomic mass is 9.88. The summed E-state index contributed by atoms with van der Waals surface area (Å²) in [6, 6.07) is 3.99. The predicted molar refractivity (Wildman–Crippen MR) is 117 cm³/mol. The van der Waals surface area contributed by atoms with E-state index in [2.05, 4.69) is 15.3 Å². The van der Waals surface area contributed by atoms with Crippen molar-refractivity contribution in [3.8, 4) is 0 Å². The fourth-order valence-electron chi connectivity index (χ4n) is 3.85. The number of pyridine rings is 1. The Kier molecular flexibility index (Phi) is 7.57. The van der Waals surface area contributed by atoms with Crippen LogP contribution in [0.2, 0.25) is 0 Å². The van der Waals surface area contributed by atoms with Crippen LogP contribution in [0.25, 0.3) is 0 Å². The largest absolute Gasteiger partial charge is 0.388 e. The maximum absolute atomic E-state index is 12.7. The van der Waals surface area contributed by atoms with Gasteiger partial charge in [0.05, 0.1) is 17.2 Å². The normalized spacial score (nSPS) is 20.7. The van der Waals surface area contributed by atoms with Crippen LogP contribution in [0, 0.1) is 0 Å². The Bertz CT molecular complexity index is 1050. The number of H-pyrrole nitrogens is 1. The van der Waals surface area contributed by atoms with Crippen LogP contribution in [0.4, 0.5) is 0 Å². The number of carbonyl (C=O) groups excluding carboxylic acids is 2. The zero-order chi connectivity index (χ0) is 23.1. The average molecular weight is 444 g/mol. The van der Waals surface area contributed by atoms with Crippen LogP contribution in [-0.2, 0) is 4.79 Å². The number of likely N-dealkylation sites (tertiary alicyclic amines) is 1. The smallest absolute Gasteiger partial charge is 0.328 e. The van der Waals surface area contributed by atoms with Gasteiger partial charge in [0.1, 0.15) is 0 Å². The lowest BCUT2D eigenvalue weighted by molar-refractivity contribution is -0.138. The van der Waals surface area contributed by atoms with Crippen LogP contribution in [0.1, 0.15) is 55.4 Å². The van der Waals surface area contributed by atoms with E-state index in [1.165, 1.54) is 23.0 Å². The van der Waals surface area contributed by atoms with Gasteiger partial charge in [0.2, 0.25) is 5.91 Å². The summed E-state index contributed by atoms with van der Waals surface area (Å²) in [5.41, 5.74) is -1.78. The number of nitrogens with zero attached hydrogens (tertiary/aromatic N) is 3. The maximum Gasteiger partial charge on any atom is 0.328 e. The summed E-state index contributed by atoms with van der Waals surface area (Å²) in [5.74, 6) is -0.208. The van der Waals surface area contributed by atoms with E-state index >= 15 is 0 Å². The summed E-state index contributed by atoms with van der Waals surface area (Å²) in [4.78, 5) is 55.9. The highest BCUT2D eigenvalue weighted by atomic mass is 16.3. The first kappa shape index (κ1) is 23.4. The van der Waals surface area contributed by atoms with E-state index in [9.17, 15) is 24.3 Å². The number of amides is 2. The molecule has 0 aromatic carbocycles. The van der Waals surface area contributed by atoms with Crippen molar-refractivity contribution in [1.82, 2.24) is 24.8 Å². The van der Waals surface area contributed by atoms with Crippen molar-refractivity contribution in [3.05, 3.63) is 63.2 Å². The maximum atomic E-state index is 12.7. The SMILES string of the molecule is C[C@@]1(O)CCN(C(=O)CCCCCNC(=O)c2cccnc2)C[C@H]1n1ccc(=O)[nH]c1=O. The number of rotatable bonds is 8. The zero-order valence-electron chi connectivity index (χ0n) is 18.1. The van der Waals surface area contributed by atoms with Gasteiger partial charge in [-0.15, -0.1) is 0 Å². The molecule has 3 N–H and O–H groups in total. The third-order valence-corrected chi connectivity index (χ3v) is 5.82. The van der Waals surface area contributed by atoms with E-state index < -0.39 is 22.9 Å². The van der Waals surface area contributed by atoms with Crippen LogP contribution < -0.4 is 16.6 Å². The molecule has 3 rings (SSSR count). The standard InChI is InChI=1S/C22H29N5O5/c1-22(32)9-13-26(15-17(22)27-12-8-18(28)25-21(27)31)19(29)7-3-2-4-11-24-20(30)16-6-5-10-23-14-16/h5-6,8,10,12,14,17,32H,2-4,7,9,11,13,15H2,1H3,(H,24,30)(H,25,28,31)/t17-,22-/m1/s1. The lowest BCUT2D eigenvalue weighted by Gasteiger charge is -2.43. The molecule has 0 bridgehead atoms. The Morgan fingerprint density at radius 2 is 2.09 bits per heavy atom. The summed E-state index contributed by atoms with van der Waals surface area (Å²) >= 11 is 0. The monoisotopic (exact) mass is 443 g/mol. The van der Waals surface area contributed by atoms with Crippen LogP contribution in [0.5, 0.6) is 0 Å². The Labute approximate surface area is 185 Å². The van der Waals surface area contributed by atoms with Crippen LogP contribution >= 0.6 is 0 Å². The Hall–Kier alpha value is -3.27. The fourth-order valence-corrected chi connectivity index (χ4v) is 3.85. The number of aromatic amines is 1. The number of piperidine rings is 1. The zero-order valence-corrected chi connectivity index (χ0v) is 18.1. The van der Waals surface area contributed by atoms with E-state index in [4.69, 9.17) is 0 Å². The predicted octanol–water partition coefficient (Wildman–Crippen LogP) is 0.446. The molecule has 1 aliphatic heterocycles. The number of hydrogen-bond donors (Lipinski definition) is 3. The molecule has 0 saturated carbocycles. The van der Waals surface area contributed by atoms with Gasteiger partial charge in [-0.25, -0.2) is 4.79 Å². The molecule has 32 heavy (non-hydrogen) atoms. The summed E-state index contributed by atoms with van der Waals surface area (Å²) < 4.78 is 1.28. The summed E-state index contributed by atoms with van der Waals surface area (Å²) in [5, 5.41) is 13.6. The van der Waals surface area contributed by atoms with Crippen molar-refractivity contribution >= 4 is 11.8 Å². The van der Waals surface area contributed by atoms with E-state index in [0.29, 0.717) is 37.9 Å². The van der Waals surface area contributed by atoms with E-state index in [1.807, 2.05) is 0 Å². The molecule has 3 heterocycles. The van der Waals surface area contributed by atoms with Gasteiger partial charge in [-0.2, -0.15) is 0 Å². The fraction of sp³-hybridized carbons (Fsp3) is 0.500. The van der Waals surface area contributed by atoms with Gasteiger partial charge in [0.15, 0.2) is 0 Å². The summed E-state index contributed by atoms with van der Waals surface area (Å²) in [7, 11) is 0. The molecule has 2 amide bonds. The van der Waals surface area contributed by atoms with Crippen molar-refractivity contribution in [1.29, 1.82) is 0 Å². The van der Waals surface area contributed by atoms with Crippen molar-refractivity contribution in [2.45, 2.75) is 50.7 Å². The van der Waals surface area contributed by atoms with Gasteiger partial charge < -0.3 is 15.3 Å². The molecular formula is C22H29N5O5. The lowest BCUT2D eigenvalue weighted by Crippen LogP contribution is -2.54.